The second kappa shape index (κ2) is 15.7. The summed E-state index contributed by atoms with van der Waals surface area (Å²) in [4.78, 5) is 0. The van der Waals surface area contributed by atoms with E-state index in [9.17, 15) is 0 Å². The van der Waals surface area contributed by atoms with E-state index in [2.05, 4.69) is 43.9 Å². The number of halogens is 1. The zero-order chi connectivity index (χ0) is 6.12. The van der Waals surface area contributed by atoms with Crippen molar-refractivity contribution in [1.82, 2.24) is 0 Å². The number of unbranched alkanes of at least 4 members (excludes halogenated alkanes) is 1. The van der Waals surface area contributed by atoms with Crippen LogP contribution in [0.5, 0.6) is 0 Å². The maximum absolute atomic E-state index is 4.49. The summed E-state index contributed by atoms with van der Waals surface area (Å²) in [6.07, 6.45) is 3.94. The zero-order valence-corrected chi connectivity index (χ0v) is 7.86. The zero-order valence-electron chi connectivity index (χ0n) is 4.39. The summed E-state index contributed by atoms with van der Waals surface area (Å²) in [5.41, 5.74) is 0. The molecule has 0 aliphatic rings. The van der Waals surface area contributed by atoms with Crippen LogP contribution in [0.2, 0.25) is 0 Å². The van der Waals surface area contributed by atoms with E-state index in [0.717, 1.165) is 0 Å². The van der Waals surface area contributed by atoms with Gasteiger partial charge >= 0.3 is 27.7 Å². The first-order valence-corrected chi connectivity index (χ1v) is 5.05. The molecular formula is C4H11ClPPd. The second-order valence-electron chi connectivity index (χ2n) is 1.14. The molecule has 0 heterocycles. The molecule has 0 aliphatic carbocycles. The molecule has 0 N–H and O–H groups in total. The van der Waals surface area contributed by atoms with Crippen LogP contribution in [-0.2, 0) is 18.2 Å². The van der Waals surface area contributed by atoms with Crippen molar-refractivity contribution in [2.45, 2.75) is 19.8 Å². The molecule has 0 amide bonds. The van der Waals surface area contributed by atoms with E-state index >= 15 is 0 Å². The number of hydrogen-bond acceptors (Lipinski definition) is 0. The molecule has 0 fully saturated rings. The van der Waals surface area contributed by atoms with Crippen molar-refractivity contribution in [3.8, 4) is 0 Å². The predicted molar refractivity (Wildman–Crippen MR) is 35.3 cm³/mol. The van der Waals surface area contributed by atoms with Crippen molar-refractivity contribution in [1.29, 1.82) is 0 Å². The fraction of sp³-hybridized carbons (Fsp3) is 1.00. The van der Waals surface area contributed by atoms with Crippen molar-refractivity contribution in [2.24, 2.45) is 0 Å². The van der Waals surface area contributed by atoms with Gasteiger partial charge in [0.2, 0.25) is 0 Å². The first-order valence-electron chi connectivity index (χ1n) is 2.23. The number of rotatable bonds is 2. The van der Waals surface area contributed by atoms with Crippen LogP contribution in [0.1, 0.15) is 19.8 Å². The van der Waals surface area contributed by atoms with Crippen LogP contribution in [0, 0.1) is 0 Å². The molecule has 7 heavy (non-hydrogen) atoms. The third-order valence-corrected chi connectivity index (χ3v) is 0.966. The summed E-state index contributed by atoms with van der Waals surface area (Å²) in [6.45, 7) is 2.20. The third kappa shape index (κ3) is 18.7. The van der Waals surface area contributed by atoms with E-state index in [1.807, 2.05) is 0 Å². The average Bonchev–Trinajstić information content (AvgIpc) is 1.75. The number of hydrogen-bond donors (Lipinski definition) is 0. The normalized spacial score (nSPS) is 7.00. The summed E-state index contributed by atoms with van der Waals surface area (Å²) in [5, 5.41) is 0. The van der Waals surface area contributed by atoms with Gasteiger partial charge in [-0.15, -0.1) is 9.24 Å². The van der Waals surface area contributed by atoms with Gasteiger partial charge in [0.15, 0.2) is 0 Å². The first kappa shape index (κ1) is 11.2. The molecule has 0 radical (unpaired) electrons. The molecule has 3 heteroatoms. The van der Waals surface area contributed by atoms with E-state index in [1.54, 1.807) is 0 Å². The summed E-state index contributed by atoms with van der Waals surface area (Å²) < 4.78 is 0. The fourth-order valence-corrected chi connectivity index (χ4v) is 0.612. The quantitative estimate of drug-likeness (QED) is 0.506. The Bertz CT molecular complexity index is 19.2. The maximum atomic E-state index is 4.49. The van der Waals surface area contributed by atoms with Gasteiger partial charge in [-0.1, -0.05) is 19.8 Å². The van der Waals surface area contributed by atoms with Gasteiger partial charge in [0, 0.05) is 0 Å². The van der Waals surface area contributed by atoms with Crippen LogP contribution in [0.4, 0.5) is 0 Å². The summed E-state index contributed by atoms with van der Waals surface area (Å²) in [6, 6.07) is 0. The minimum atomic E-state index is 1.26. The van der Waals surface area contributed by atoms with Crippen molar-refractivity contribution in [3.63, 3.8) is 0 Å². The Labute approximate surface area is 63.0 Å². The van der Waals surface area contributed by atoms with E-state index < -0.39 is 0 Å². The Balaban J connectivity index is 0. The molecule has 0 aromatic carbocycles. The van der Waals surface area contributed by atoms with Crippen molar-refractivity contribution >= 4 is 18.8 Å². The van der Waals surface area contributed by atoms with Crippen LogP contribution >= 0.6 is 18.8 Å². The van der Waals surface area contributed by atoms with Gasteiger partial charge in [0.25, 0.3) is 0 Å². The SMILES string of the molecule is CCCCP.[Cl][Pd]. The molecular weight excluding hydrogens is 221 g/mol. The molecule has 0 rings (SSSR count). The molecule has 0 saturated carbocycles. The van der Waals surface area contributed by atoms with E-state index in [4.69, 9.17) is 0 Å². The summed E-state index contributed by atoms with van der Waals surface area (Å²) in [7, 11) is 7.19. The standard InChI is InChI=1S/C4H11P.ClH.Pd/c1-2-3-4-5;;/h2-5H2,1H3;1H;/q;;+1/p-1. The van der Waals surface area contributed by atoms with Gasteiger partial charge in [0.1, 0.15) is 0 Å². The van der Waals surface area contributed by atoms with Crippen LogP contribution in [-0.4, -0.2) is 6.16 Å². The summed E-state index contributed by atoms with van der Waals surface area (Å²) >= 11 is 2.22. The molecule has 1 atom stereocenters. The van der Waals surface area contributed by atoms with Crippen LogP contribution in [0.25, 0.3) is 0 Å². The molecule has 0 spiro atoms. The Morgan fingerprint density at radius 3 is 2.00 bits per heavy atom. The minimum absolute atomic E-state index is 1.26. The average molecular weight is 232 g/mol. The van der Waals surface area contributed by atoms with Crippen LogP contribution < -0.4 is 0 Å². The van der Waals surface area contributed by atoms with E-state index in [0.29, 0.717) is 0 Å². The van der Waals surface area contributed by atoms with Gasteiger partial charge < -0.3 is 0 Å². The monoisotopic (exact) mass is 231 g/mol. The Kier molecular flexibility index (Phi) is 25.1. The van der Waals surface area contributed by atoms with Crippen molar-refractivity contribution in [2.75, 3.05) is 6.16 Å². The molecule has 0 bridgehead atoms. The summed E-state index contributed by atoms with van der Waals surface area (Å²) in [5.74, 6) is 0. The molecule has 49 valence electrons. The van der Waals surface area contributed by atoms with Gasteiger partial charge in [-0.2, -0.15) is 0 Å². The van der Waals surface area contributed by atoms with E-state index in [-0.39, 0.29) is 0 Å². The van der Waals surface area contributed by atoms with E-state index in [1.165, 1.54) is 19.0 Å². The van der Waals surface area contributed by atoms with Crippen LogP contribution in [0.15, 0.2) is 0 Å². The van der Waals surface area contributed by atoms with Crippen molar-refractivity contribution in [3.05, 3.63) is 0 Å². The molecule has 0 aliphatic heterocycles. The van der Waals surface area contributed by atoms with Crippen molar-refractivity contribution < 1.29 is 18.2 Å². The predicted octanol–water partition coefficient (Wildman–Crippen LogP) is 2.35. The molecule has 1 unspecified atom stereocenters. The third-order valence-electron chi connectivity index (χ3n) is 0.558. The van der Waals surface area contributed by atoms with Gasteiger partial charge in [-0.05, 0) is 6.16 Å². The Hall–Kier alpha value is 1.38. The van der Waals surface area contributed by atoms with Crippen LogP contribution in [0.3, 0.4) is 0 Å². The molecule has 0 nitrogen and oxygen atoms in total. The second-order valence-corrected chi connectivity index (χ2v) is 1.72. The molecule has 0 saturated heterocycles. The Morgan fingerprint density at radius 2 is 2.00 bits per heavy atom. The first-order chi connectivity index (χ1) is 3.41. The molecule has 0 aromatic heterocycles. The van der Waals surface area contributed by atoms with Gasteiger partial charge in [-0.3, -0.25) is 0 Å². The topological polar surface area (TPSA) is 0 Å². The van der Waals surface area contributed by atoms with Gasteiger partial charge in [0.05, 0.1) is 0 Å². The fourth-order valence-electron chi connectivity index (χ4n) is 0.204. The van der Waals surface area contributed by atoms with Gasteiger partial charge in [-0.25, -0.2) is 0 Å². The molecule has 0 aromatic rings. The Morgan fingerprint density at radius 1 is 1.57 bits per heavy atom.